The molecule has 0 spiro atoms. The summed E-state index contributed by atoms with van der Waals surface area (Å²) in [5.74, 6) is -1.17. The summed E-state index contributed by atoms with van der Waals surface area (Å²) in [5.41, 5.74) is 7.14. The maximum Gasteiger partial charge on any atom is 0.344 e. The van der Waals surface area contributed by atoms with Gasteiger partial charge >= 0.3 is 5.97 Å². The molecule has 154 valence electrons. The number of hydrogen-bond donors (Lipinski definition) is 2. The third-order valence-electron chi connectivity index (χ3n) is 4.19. The van der Waals surface area contributed by atoms with E-state index in [1.807, 2.05) is 12.1 Å². The fourth-order valence-electron chi connectivity index (χ4n) is 2.44. The standard InChI is InChI=1S/C22H26N2O5/c1-14(21(27)24-17-9-5-15(6-10-17)20(23)26)29-19(25)13-28-18-11-7-16(8-12-18)22(2,3)4/h5-12,14H,13H2,1-4H3,(H2,23,26)(H,24,27)/t14-/m0/s1. The maximum atomic E-state index is 12.2. The van der Waals surface area contributed by atoms with Crippen LogP contribution in [0.3, 0.4) is 0 Å². The van der Waals surface area contributed by atoms with E-state index in [1.165, 1.54) is 31.2 Å². The molecule has 0 saturated heterocycles. The lowest BCUT2D eigenvalue weighted by molar-refractivity contribution is -0.155. The number of anilines is 1. The Bertz CT molecular complexity index is 868. The zero-order valence-electron chi connectivity index (χ0n) is 17.0. The van der Waals surface area contributed by atoms with Crippen molar-refractivity contribution in [3.05, 3.63) is 59.7 Å². The van der Waals surface area contributed by atoms with Gasteiger partial charge in [-0.2, -0.15) is 0 Å². The van der Waals surface area contributed by atoms with Crippen molar-refractivity contribution in [3.63, 3.8) is 0 Å². The number of amides is 2. The Morgan fingerprint density at radius 2 is 1.59 bits per heavy atom. The summed E-state index contributed by atoms with van der Waals surface area (Å²) < 4.78 is 10.5. The van der Waals surface area contributed by atoms with Gasteiger partial charge in [0.15, 0.2) is 12.7 Å². The number of ether oxygens (including phenoxy) is 2. The van der Waals surface area contributed by atoms with E-state index < -0.39 is 23.9 Å². The Morgan fingerprint density at radius 1 is 1.00 bits per heavy atom. The van der Waals surface area contributed by atoms with Crippen LogP contribution in [0.25, 0.3) is 0 Å². The second-order valence-corrected chi connectivity index (χ2v) is 7.63. The minimum absolute atomic E-state index is 0.0282. The highest BCUT2D eigenvalue weighted by atomic mass is 16.6. The lowest BCUT2D eigenvalue weighted by Crippen LogP contribution is -2.31. The molecule has 2 amide bonds. The number of benzene rings is 2. The Morgan fingerprint density at radius 3 is 2.10 bits per heavy atom. The average molecular weight is 398 g/mol. The van der Waals surface area contributed by atoms with E-state index in [1.54, 1.807) is 12.1 Å². The van der Waals surface area contributed by atoms with Crippen LogP contribution >= 0.6 is 0 Å². The molecule has 2 aromatic rings. The van der Waals surface area contributed by atoms with E-state index in [-0.39, 0.29) is 12.0 Å². The van der Waals surface area contributed by atoms with E-state index in [9.17, 15) is 14.4 Å². The third-order valence-corrected chi connectivity index (χ3v) is 4.19. The molecule has 2 aromatic carbocycles. The molecule has 0 bridgehead atoms. The van der Waals surface area contributed by atoms with Crippen LogP contribution in [-0.2, 0) is 19.7 Å². The van der Waals surface area contributed by atoms with E-state index in [2.05, 4.69) is 26.1 Å². The normalized spacial score (nSPS) is 12.0. The number of carbonyl (C=O) groups is 3. The molecule has 3 N–H and O–H groups in total. The number of nitrogens with two attached hydrogens (primary N) is 1. The number of hydrogen-bond acceptors (Lipinski definition) is 5. The molecule has 0 saturated carbocycles. The second kappa shape index (κ2) is 9.23. The molecule has 7 nitrogen and oxygen atoms in total. The largest absolute Gasteiger partial charge is 0.482 e. The summed E-state index contributed by atoms with van der Waals surface area (Å²) in [6.45, 7) is 7.49. The van der Waals surface area contributed by atoms with Gasteiger partial charge in [0.05, 0.1) is 0 Å². The average Bonchev–Trinajstić information content (AvgIpc) is 2.66. The van der Waals surface area contributed by atoms with Gasteiger partial charge < -0.3 is 20.5 Å². The van der Waals surface area contributed by atoms with Crippen LogP contribution in [0.2, 0.25) is 0 Å². The second-order valence-electron chi connectivity index (χ2n) is 7.63. The SMILES string of the molecule is C[C@H](OC(=O)COc1ccc(C(C)(C)C)cc1)C(=O)Nc1ccc(C(N)=O)cc1. The van der Waals surface area contributed by atoms with Gasteiger partial charge in [-0.15, -0.1) is 0 Å². The highest BCUT2D eigenvalue weighted by Gasteiger charge is 2.19. The van der Waals surface area contributed by atoms with E-state index in [0.29, 0.717) is 17.0 Å². The smallest absolute Gasteiger partial charge is 0.344 e. The van der Waals surface area contributed by atoms with Crippen LogP contribution in [0, 0.1) is 0 Å². The predicted molar refractivity (Wildman–Crippen MR) is 110 cm³/mol. The van der Waals surface area contributed by atoms with Gasteiger partial charge in [0.2, 0.25) is 5.91 Å². The molecule has 0 fully saturated rings. The van der Waals surface area contributed by atoms with Crippen molar-refractivity contribution in [3.8, 4) is 5.75 Å². The molecule has 2 rings (SSSR count). The highest BCUT2D eigenvalue weighted by Crippen LogP contribution is 2.24. The third kappa shape index (κ3) is 6.64. The summed E-state index contributed by atoms with van der Waals surface area (Å²) in [6.07, 6.45) is -1.01. The number of esters is 1. The van der Waals surface area contributed by atoms with E-state index >= 15 is 0 Å². The molecular formula is C22H26N2O5. The molecule has 7 heteroatoms. The van der Waals surface area contributed by atoms with Gasteiger partial charge in [-0.1, -0.05) is 32.9 Å². The molecule has 1 atom stereocenters. The summed E-state index contributed by atoms with van der Waals surface area (Å²) in [7, 11) is 0. The van der Waals surface area contributed by atoms with Crippen molar-refractivity contribution in [2.45, 2.75) is 39.2 Å². The highest BCUT2D eigenvalue weighted by molar-refractivity contribution is 5.96. The first kappa shape index (κ1) is 21.9. The van der Waals surface area contributed by atoms with Crippen molar-refractivity contribution in [1.82, 2.24) is 0 Å². The number of primary amides is 1. The van der Waals surface area contributed by atoms with Crippen molar-refractivity contribution in [2.24, 2.45) is 5.73 Å². The van der Waals surface area contributed by atoms with Crippen LogP contribution < -0.4 is 15.8 Å². The lowest BCUT2D eigenvalue weighted by Gasteiger charge is -2.19. The number of rotatable bonds is 7. The molecule has 29 heavy (non-hydrogen) atoms. The first-order chi connectivity index (χ1) is 13.6. The Hall–Kier alpha value is -3.35. The fraction of sp³-hybridized carbons (Fsp3) is 0.318. The molecule has 0 aliphatic heterocycles. The number of nitrogens with one attached hydrogen (secondary N) is 1. The minimum atomic E-state index is -1.01. The molecular weight excluding hydrogens is 372 g/mol. The van der Waals surface area contributed by atoms with Crippen LogP contribution in [0.1, 0.15) is 43.6 Å². The fourth-order valence-corrected chi connectivity index (χ4v) is 2.44. The quantitative estimate of drug-likeness (QED) is 0.697. The van der Waals surface area contributed by atoms with E-state index in [4.69, 9.17) is 15.2 Å². The zero-order valence-corrected chi connectivity index (χ0v) is 17.0. The summed E-state index contributed by atoms with van der Waals surface area (Å²) in [4.78, 5) is 35.2. The summed E-state index contributed by atoms with van der Waals surface area (Å²) in [5, 5.41) is 2.60. The molecule has 0 heterocycles. The van der Waals surface area contributed by atoms with Gasteiger partial charge in [-0.3, -0.25) is 9.59 Å². The Kier molecular flexibility index (Phi) is 6.98. The maximum absolute atomic E-state index is 12.2. The molecule has 0 aromatic heterocycles. The topological polar surface area (TPSA) is 108 Å². The van der Waals surface area contributed by atoms with Gasteiger partial charge in [0, 0.05) is 11.3 Å². The first-order valence-electron chi connectivity index (χ1n) is 9.20. The monoisotopic (exact) mass is 398 g/mol. The molecule has 0 aliphatic carbocycles. The van der Waals surface area contributed by atoms with Gasteiger partial charge in [0.1, 0.15) is 5.75 Å². The lowest BCUT2D eigenvalue weighted by atomic mass is 9.87. The van der Waals surface area contributed by atoms with Crippen LogP contribution in [-0.4, -0.2) is 30.5 Å². The zero-order chi connectivity index (χ0) is 21.6. The van der Waals surface area contributed by atoms with Crippen molar-refractivity contribution < 1.29 is 23.9 Å². The molecule has 0 aliphatic rings. The molecule has 0 radical (unpaired) electrons. The number of carbonyl (C=O) groups excluding carboxylic acids is 3. The van der Waals surface area contributed by atoms with Gasteiger partial charge in [-0.25, -0.2) is 4.79 Å². The Labute approximate surface area is 170 Å². The summed E-state index contributed by atoms with van der Waals surface area (Å²) in [6, 6.07) is 13.5. The Balaban J connectivity index is 1.81. The minimum Gasteiger partial charge on any atom is -0.482 e. The molecule has 0 unspecified atom stereocenters. The predicted octanol–water partition coefficient (Wildman–Crippen LogP) is 3.03. The van der Waals surface area contributed by atoms with E-state index in [0.717, 1.165) is 5.56 Å². The van der Waals surface area contributed by atoms with Crippen LogP contribution in [0.5, 0.6) is 5.75 Å². The summed E-state index contributed by atoms with van der Waals surface area (Å²) >= 11 is 0. The van der Waals surface area contributed by atoms with Gasteiger partial charge in [0.25, 0.3) is 5.91 Å². The van der Waals surface area contributed by atoms with Crippen LogP contribution in [0.4, 0.5) is 5.69 Å². The first-order valence-corrected chi connectivity index (χ1v) is 9.20. The van der Waals surface area contributed by atoms with Gasteiger partial charge in [-0.05, 0) is 54.3 Å². The van der Waals surface area contributed by atoms with Crippen LogP contribution in [0.15, 0.2) is 48.5 Å². The van der Waals surface area contributed by atoms with Crippen molar-refractivity contribution in [1.29, 1.82) is 0 Å². The van der Waals surface area contributed by atoms with Crippen molar-refractivity contribution >= 4 is 23.5 Å². The van der Waals surface area contributed by atoms with Crippen molar-refractivity contribution in [2.75, 3.05) is 11.9 Å².